The predicted octanol–water partition coefficient (Wildman–Crippen LogP) is 2.31. The summed E-state index contributed by atoms with van der Waals surface area (Å²) in [6.07, 6.45) is 7.35. The highest BCUT2D eigenvalue weighted by atomic mass is 32.2. The van der Waals surface area contributed by atoms with Crippen molar-refractivity contribution in [3.8, 4) is 0 Å². The molecule has 3 rings (SSSR count). The van der Waals surface area contributed by atoms with E-state index in [0.717, 1.165) is 43.7 Å². The van der Waals surface area contributed by atoms with E-state index in [1.807, 2.05) is 22.6 Å². The molecule has 0 aliphatic carbocycles. The van der Waals surface area contributed by atoms with Gasteiger partial charge in [-0.3, -0.25) is 0 Å². The fraction of sp³-hybridized carbons (Fsp3) is 0.857. The van der Waals surface area contributed by atoms with Crippen LogP contribution in [0.3, 0.4) is 0 Å². The van der Waals surface area contributed by atoms with Crippen molar-refractivity contribution in [3.05, 3.63) is 11.9 Å². The Hall–Kier alpha value is -0.590. The van der Waals surface area contributed by atoms with Gasteiger partial charge in [-0.2, -0.15) is 11.8 Å². The smallest absolute Gasteiger partial charge is 0.0994 e. The zero-order valence-electron chi connectivity index (χ0n) is 12.1. The lowest BCUT2D eigenvalue weighted by molar-refractivity contribution is -0.0780. The first-order valence-corrected chi connectivity index (χ1v) is 8.77. The van der Waals surface area contributed by atoms with Crippen LogP contribution in [0.2, 0.25) is 0 Å². The van der Waals surface area contributed by atoms with Crippen molar-refractivity contribution < 1.29 is 4.74 Å². The summed E-state index contributed by atoms with van der Waals surface area (Å²) in [4.78, 5) is 0. The van der Waals surface area contributed by atoms with Gasteiger partial charge in [-0.1, -0.05) is 18.6 Å². The maximum absolute atomic E-state index is 6.12. The van der Waals surface area contributed by atoms with E-state index in [1.54, 1.807) is 0 Å². The molecule has 0 amide bonds. The van der Waals surface area contributed by atoms with Gasteiger partial charge in [-0.05, 0) is 31.4 Å². The Kier molecular flexibility index (Phi) is 4.33. The Bertz CT molecular complexity index is 444. The van der Waals surface area contributed by atoms with Crippen molar-refractivity contribution in [1.29, 1.82) is 0 Å². The van der Waals surface area contributed by atoms with Gasteiger partial charge in [0.05, 0.1) is 29.6 Å². The number of aromatic nitrogens is 3. The van der Waals surface area contributed by atoms with E-state index < -0.39 is 0 Å². The molecule has 3 unspecified atom stereocenters. The molecule has 1 aromatic heterocycles. The summed E-state index contributed by atoms with van der Waals surface area (Å²) in [7, 11) is 0. The Morgan fingerprint density at radius 3 is 3.30 bits per heavy atom. The van der Waals surface area contributed by atoms with Crippen LogP contribution >= 0.6 is 11.8 Å². The molecule has 20 heavy (non-hydrogen) atoms. The highest BCUT2D eigenvalue weighted by Gasteiger charge is 2.41. The van der Waals surface area contributed by atoms with Gasteiger partial charge in [0.2, 0.25) is 0 Å². The Labute approximate surface area is 124 Å². The molecule has 2 aliphatic rings. The van der Waals surface area contributed by atoms with Crippen molar-refractivity contribution in [1.82, 2.24) is 15.0 Å². The first-order chi connectivity index (χ1) is 9.72. The molecule has 3 heterocycles. The first kappa shape index (κ1) is 14.4. The number of hydrogen-bond acceptors (Lipinski definition) is 5. The molecule has 0 aromatic carbocycles. The maximum atomic E-state index is 6.12. The lowest BCUT2D eigenvalue weighted by atomic mass is 9.90. The topological polar surface area (TPSA) is 66.0 Å². The average Bonchev–Trinajstić information content (AvgIpc) is 3.09. The van der Waals surface area contributed by atoms with Gasteiger partial charge in [0, 0.05) is 12.4 Å². The van der Waals surface area contributed by atoms with Crippen LogP contribution in [0.25, 0.3) is 0 Å². The van der Waals surface area contributed by atoms with Crippen LogP contribution < -0.4 is 5.73 Å². The number of nitrogens with zero attached hydrogens (tertiary/aromatic N) is 3. The van der Waals surface area contributed by atoms with Gasteiger partial charge in [-0.15, -0.1) is 5.10 Å². The largest absolute Gasteiger partial charge is 0.374 e. The van der Waals surface area contributed by atoms with E-state index in [9.17, 15) is 0 Å². The molecule has 1 spiro atoms. The lowest BCUT2D eigenvalue weighted by Crippen LogP contribution is -2.40. The first-order valence-electron chi connectivity index (χ1n) is 7.61. The molecule has 5 nitrogen and oxygen atoms in total. The molecule has 0 radical (unpaired) electrons. The Morgan fingerprint density at radius 1 is 1.65 bits per heavy atom. The van der Waals surface area contributed by atoms with Crippen molar-refractivity contribution in [2.75, 3.05) is 18.1 Å². The number of hydrogen-bond donors (Lipinski definition) is 1. The molecule has 6 heteroatoms. The number of ether oxygens (including phenoxy) is 1. The van der Waals surface area contributed by atoms with Gasteiger partial charge in [0.1, 0.15) is 0 Å². The standard InChI is InChI=1S/C14H24N4OS/c1-2-3-12(15)13-9-18(17-16-13)11-4-6-19-14(8-11)5-7-20-10-14/h9,11-12H,2-8,10,15H2,1H3. The van der Waals surface area contributed by atoms with Crippen LogP contribution in [0, 0.1) is 0 Å². The zero-order valence-corrected chi connectivity index (χ0v) is 12.9. The summed E-state index contributed by atoms with van der Waals surface area (Å²) >= 11 is 2.00. The maximum Gasteiger partial charge on any atom is 0.0994 e. The highest BCUT2D eigenvalue weighted by molar-refractivity contribution is 7.99. The molecule has 3 atom stereocenters. The van der Waals surface area contributed by atoms with Gasteiger partial charge < -0.3 is 10.5 Å². The quantitative estimate of drug-likeness (QED) is 0.923. The molecule has 2 N–H and O–H groups in total. The van der Waals surface area contributed by atoms with Gasteiger partial charge in [-0.25, -0.2) is 4.68 Å². The van der Waals surface area contributed by atoms with Gasteiger partial charge in [0.25, 0.3) is 0 Å². The minimum Gasteiger partial charge on any atom is -0.374 e. The van der Waals surface area contributed by atoms with Crippen LogP contribution in [0.4, 0.5) is 0 Å². The number of rotatable bonds is 4. The van der Waals surface area contributed by atoms with Crippen LogP contribution in [0.15, 0.2) is 6.20 Å². The third-order valence-electron chi connectivity index (χ3n) is 4.42. The summed E-state index contributed by atoms with van der Waals surface area (Å²) < 4.78 is 8.09. The van der Waals surface area contributed by atoms with Crippen LogP contribution in [-0.4, -0.2) is 38.7 Å². The molecule has 2 fully saturated rings. The molecular weight excluding hydrogens is 272 g/mol. The van der Waals surface area contributed by atoms with Crippen LogP contribution in [0.5, 0.6) is 0 Å². The fourth-order valence-electron chi connectivity index (χ4n) is 3.19. The highest BCUT2D eigenvalue weighted by Crippen LogP contribution is 2.41. The molecule has 112 valence electrons. The Balaban J connectivity index is 1.69. The molecule has 2 saturated heterocycles. The summed E-state index contributed by atoms with van der Waals surface area (Å²) in [6.45, 7) is 2.98. The molecule has 0 saturated carbocycles. The summed E-state index contributed by atoms with van der Waals surface area (Å²) in [5.41, 5.74) is 7.13. The summed E-state index contributed by atoms with van der Waals surface area (Å²) in [5.74, 6) is 2.34. The van der Waals surface area contributed by atoms with E-state index in [1.165, 1.54) is 12.2 Å². The zero-order chi connectivity index (χ0) is 14.0. The molecule has 2 aliphatic heterocycles. The average molecular weight is 296 g/mol. The van der Waals surface area contributed by atoms with E-state index >= 15 is 0 Å². The van der Waals surface area contributed by atoms with Gasteiger partial charge in [0.15, 0.2) is 0 Å². The Morgan fingerprint density at radius 2 is 2.55 bits per heavy atom. The monoisotopic (exact) mass is 296 g/mol. The minimum atomic E-state index is 0.0181. The van der Waals surface area contributed by atoms with E-state index in [2.05, 4.69) is 17.2 Å². The van der Waals surface area contributed by atoms with Crippen molar-refractivity contribution in [3.63, 3.8) is 0 Å². The van der Waals surface area contributed by atoms with E-state index in [4.69, 9.17) is 10.5 Å². The fourth-order valence-corrected chi connectivity index (χ4v) is 4.57. The van der Waals surface area contributed by atoms with Gasteiger partial charge >= 0.3 is 0 Å². The third kappa shape index (κ3) is 2.87. The second-order valence-electron chi connectivity index (χ2n) is 6.00. The molecular formula is C14H24N4OS. The van der Waals surface area contributed by atoms with Crippen molar-refractivity contribution >= 4 is 11.8 Å². The normalized spacial score (nSPS) is 31.8. The molecule has 1 aromatic rings. The minimum absolute atomic E-state index is 0.0181. The van der Waals surface area contributed by atoms with E-state index in [-0.39, 0.29) is 11.6 Å². The predicted molar refractivity (Wildman–Crippen MR) is 80.8 cm³/mol. The number of nitrogens with two attached hydrogens (primary N) is 1. The lowest BCUT2D eigenvalue weighted by Gasteiger charge is -2.37. The molecule has 0 bridgehead atoms. The number of thioether (sulfide) groups is 1. The second-order valence-corrected chi connectivity index (χ2v) is 7.10. The summed E-state index contributed by atoms with van der Waals surface area (Å²) in [5, 5.41) is 8.59. The second kappa shape index (κ2) is 6.03. The van der Waals surface area contributed by atoms with Crippen LogP contribution in [-0.2, 0) is 4.74 Å². The third-order valence-corrected chi connectivity index (χ3v) is 5.64. The van der Waals surface area contributed by atoms with E-state index in [0.29, 0.717) is 6.04 Å². The summed E-state index contributed by atoms with van der Waals surface area (Å²) in [6, 6.07) is 0.433. The van der Waals surface area contributed by atoms with Crippen LogP contribution in [0.1, 0.15) is 56.8 Å². The van der Waals surface area contributed by atoms with Crippen molar-refractivity contribution in [2.24, 2.45) is 5.73 Å². The SMILES string of the molecule is CCCC(N)c1cn(C2CCOC3(CCSC3)C2)nn1. The van der Waals surface area contributed by atoms with Crippen molar-refractivity contribution in [2.45, 2.75) is 56.7 Å².